The number of rotatable bonds is 6. The van der Waals surface area contributed by atoms with Gasteiger partial charge in [0.2, 0.25) is 10.0 Å². The first-order valence-corrected chi connectivity index (χ1v) is 12.9. The summed E-state index contributed by atoms with van der Waals surface area (Å²) in [6.45, 7) is 3.30. The van der Waals surface area contributed by atoms with E-state index in [9.17, 15) is 18.0 Å². The normalized spacial score (nSPS) is 16.7. The van der Waals surface area contributed by atoms with Crippen molar-refractivity contribution in [3.05, 3.63) is 53.6 Å². The van der Waals surface area contributed by atoms with Gasteiger partial charge in [0, 0.05) is 36.1 Å². The van der Waals surface area contributed by atoms with E-state index < -0.39 is 15.9 Å². The van der Waals surface area contributed by atoms with Crippen molar-refractivity contribution in [2.24, 2.45) is 0 Å². The van der Waals surface area contributed by atoms with Crippen molar-refractivity contribution >= 4 is 33.3 Å². The Morgan fingerprint density at radius 2 is 1.48 bits per heavy atom. The number of carbonyl (C=O) groups excluding carboxylic acids is 2. The molecule has 0 unspecified atom stereocenters. The van der Waals surface area contributed by atoms with Crippen LogP contribution in [0.15, 0.2) is 47.4 Å². The van der Waals surface area contributed by atoms with E-state index in [1.807, 2.05) is 4.90 Å². The summed E-state index contributed by atoms with van der Waals surface area (Å²) < 4.78 is 27.6. The zero-order valence-corrected chi connectivity index (χ0v) is 19.6. The molecule has 1 aliphatic heterocycles. The number of nitrogens with zero attached hydrogens (tertiary/aromatic N) is 1. The second kappa shape index (κ2) is 9.93. The van der Waals surface area contributed by atoms with Crippen LogP contribution < -0.4 is 15.4 Å². The van der Waals surface area contributed by atoms with Gasteiger partial charge in [-0.05, 0) is 74.6 Å². The molecule has 1 saturated carbocycles. The Balaban J connectivity index is 1.40. The highest BCUT2D eigenvalue weighted by Gasteiger charge is 2.28. The molecule has 1 heterocycles. The Morgan fingerprint density at radius 1 is 0.879 bits per heavy atom. The number of hydrogen-bond acceptors (Lipinski definition) is 4. The zero-order chi connectivity index (χ0) is 23.4. The minimum Gasteiger partial charge on any atom is -0.325 e. The first-order valence-electron chi connectivity index (χ1n) is 11.4. The Bertz CT molecular complexity index is 1120. The third-order valence-electron chi connectivity index (χ3n) is 5.95. The number of nitrogens with one attached hydrogen (secondary N) is 3. The fourth-order valence-corrected chi connectivity index (χ4v) is 5.14. The molecular formula is C24H30N4O4S. The Kier molecular flexibility index (Phi) is 6.99. The van der Waals surface area contributed by atoms with E-state index >= 15 is 0 Å². The number of benzene rings is 2. The molecule has 0 atom stereocenters. The summed E-state index contributed by atoms with van der Waals surface area (Å²) in [6, 6.07) is 11.3. The second-order valence-electron chi connectivity index (χ2n) is 8.74. The van der Waals surface area contributed by atoms with Gasteiger partial charge in [-0.2, -0.15) is 0 Å². The topological polar surface area (TPSA) is 108 Å². The molecular weight excluding hydrogens is 440 g/mol. The molecule has 9 heteroatoms. The maximum Gasteiger partial charge on any atom is 0.321 e. The van der Waals surface area contributed by atoms with Crippen LogP contribution in [0.1, 0.15) is 54.4 Å². The van der Waals surface area contributed by atoms with Gasteiger partial charge in [0.15, 0.2) is 0 Å². The molecule has 3 amide bonds. The molecule has 3 N–H and O–H groups in total. The fraction of sp³-hybridized carbons (Fsp3) is 0.417. The van der Waals surface area contributed by atoms with Gasteiger partial charge in [-0.1, -0.05) is 18.9 Å². The summed E-state index contributed by atoms with van der Waals surface area (Å²) in [6.07, 6.45) is 6.04. The summed E-state index contributed by atoms with van der Waals surface area (Å²) in [5.74, 6) is -0.391. The largest absolute Gasteiger partial charge is 0.325 e. The third kappa shape index (κ3) is 6.11. The summed E-state index contributed by atoms with van der Waals surface area (Å²) in [5.41, 5.74) is 2.18. The lowest BCUT2D eigenvalue weighted by Crippen LogP contribution is -2.35. The van der Waals surface area contributed by atoms with Crippen LogP contribution in [0.2, 0.25) is 0 Å². The van der Waals surface area contributed by atoms with Gasteiger partial charge < -0.3 is 15.5 Å². The van der Waals surface area contributed by atoms with Crippen LogP contribution in [-0.4, -0.2) is 44.4 Å². The van der Waals surface area contributed by atoms with Crippen molar-refractivity contribution in [2.45, 2.75) is 56.4 Å². The molecule has 1 aliphatic carbocycles. The monoisotopic (exact) mass is 470 g/mol. The average molecular weight is 471 g/mol. The van der Waals surface area contributed by atoms with Gasteiger partial charge in [-0.3, -0.25) is 4.79 Å². The molecule has 2 aromatic carbocycles. The highest BCUT2D eigenvalue weighted by molar-refractivity contribution is 7.89. The van der Waals surface area contributed by atoms with Crippen LogP contribution in [0, 0.1) is 6.92 Å². The molecule has 0 aromatic heterocycles. The second-order valence-corrected chi connectivity index (χ2v) is 10.4. The standard InChI is InChI=1S/C24H30N4O4S/c1-17-6-13-21(33(31,32)27-20-11-12-20)16-22(17)23(29)25-18-7-9-19(10-8-18)26-24(30)28-14-4-2-3-5-15-28/h6-10,13,16,20,27H,2-5,11-12,14-15H2,1H3,(H,25,29)(H,26,30). The molecule has 8 nitrogen and oxygen atoms in total. The molecule has 2 aliphatic rings. The smallest absolute Gasteiger partial charge is 0.321 e. The number of hydrogen-bond donors (Lipinski definition) is 3. The number of aryl methyl sites for hydroxylation is 1. The van der Waals surface area contributed by atoms with Gasteiger partial charge in [0.1, 0.15) is 0 Å². The number of carbonyl (C=O) groups is 2. The molecule has 0 bridgehead atoms. The zero-order valence-electron chi connectivity index (χ0n) is 18.8. The molecule has 2 aromatic rings. The lowest BCUT2D eigenvalue weighted by Gasteiger charge is -2.20. The van der Waals surface area contributed by atoms with Crippen LogP contribution in [0.3, 0.4) is 0 Å². The van der Waals surface area contributed by atoms with E-state index in [1.165, 1.54) is 12.1 Å². The van der Waals surface area contributed by atoms with Gasteiger partial charge in [-0.25, -0.2) is 17.9 Å². The van der Waals surface area contributed by atoms with E-state index in [2.05, 4.69) is 15.4 Å². The van der Waals surface area contributed by atoms with E-state index in [1.54, 1.807) is 37.3 Å². The van der Waals surface area contributed by atoms with E-state index in [-0.39, 0.29) is 17.0 Å². The predicted octanol–water partition coefficient (Wildman–Crippen LogP) is 4.10. The lowest BCUT2D eigenvalue weighted by molar-refractivity contribution is 0.102. The first kappa shape index (κ1) is 23.3. The molecule has 2 fully saturated rings. The Hall–Kier alpha value is -2.91. The van der Waals surface area contributed by atoms with Crippen LogP contribution in [0.25, 0.3) is 0 Å². The van der Waals surface area contributed by atoms with Gasteiger partial charge in [-0.15, -0.1) is 0 Å². The van der Waals surface area contributed by atoms with Crippen LogP contribution >= 0.6 is 0 Å². The quantitative estimate of drug-likeness (QED) is 0.591. The first-order chi connectivity index (χ1) is 15.8. The number of amides is 3. The van der Waals surface area contributed by atoms with Crippen molar-refractivity contribution in [1.82, 2.24) is 9.62 Å². The van der Waals surface area contributed by atoms with Crippen molar-refractivity contribution in [3.8, 4) is 0 Å². The molecule has 33 heavy (non-hydrogen) atoms. The summed E-state index contributed by atoms with van der Waals surface area (Å²) in [4.78, 5) is 27.2. The maximum absolute atomic E-state index is 12.8. The van der Waals surface area contributed by atoms with E-state index in [4.69, 9.17) is 0 Å². The highest BCUT2D eigenvalue weighted by atomic mass is 32.2. The van der Waals surface area contributed by atoms with Gasteiger partial charge >= 0.3 is 6.03 Å². The Labute approximate surface area is 194 Å². The number of sulfonamides is 1. The predicted molar refractivity (Wildman–Crippen MR) is 128 cm³/mol. The highest BCUT2D eigenvalue weighted by Crippen LogP contribution is 2.24. The van der Waals surface area contributed by atoms with Gasteiger partial charge in [0.05, 0.1) is 4.90 Å². The molecule has 0 radical (unpaired) electrons. The molecule has 176 valence electrons. The number of urea groups is 1. The number of likely N-dealkylation sites (tertiary alicyclic amines) is 1. The molecule has 0 spiro atoms. The molecule has 4 rings (SSSR count). The Morgan fingerprint density at radius 3 is 2.09 bits per heavy atom. The van der Waals surface area contributed by atoms with E-state index in [0.29, 0.717) is 22.5 Å². The average Bonchev–Trinajstić information content (AvgIpc) is 3.62. The minimum absolute atomic E-state index is 0.00746. The summed E-state index contributed by atoms with van der Waals surface area (Å²) in [7, 11) is -3.65. The summed E-state index contributed by atoms with van der Waals surface area (Å²) in [5, 5.41) is 5.71. The third-order valence-corrected chi connectivity index (χ3v) is 7.47. The number of anilines is 2. The fourth-order valence-electron chi connectivity index (χ4n) is 3.81. The van der Waals surface area contributed by atoms with Crippen molar-refractivity contribution in [3.63, 3.8) is 0 Å². The van der Waals surface area contributed by atoms with Gasteiger partial charge in [0.25, 0.3) is 5.91 Å². The van der Waals surface area contributed by atoms with Crippen molar-refractivity contribution < 1.29 is 18.0 Å². The van der Waals surface area contributed by atoms with Crippen LogP contribution in [-0.2, 0) is 10.0 Å². The van der Waals surface area contributed by atoms with Crippen molar-refractivity contribution in [2.75, 3.05) is 23.7 Å². The maximum atomic E-state index is 12.8. The molecule has 1 saturated heterocycles. The SMILES string of the molecule is Cc1ccc(S(=O)(=O)NC2CC2)cc1C(=O)Nc1ccc(NC(=O)N2CCCCCC2)cc1. The van der Waals surface area contributed by atoms with Crippen molar-refractivity contribution in [1.29, 1.82) is 0 Å². The minimum atomic E-state index is -3.65. The van der Waals surface area contributed by atoms with Crippen LogP contribution in [0.4, 0.5) is 16.2 Å². The summed E-state index contributed by atoms with van der Waals surface area (Å²) >= 11 is 0. The van der Waals surface area contributed by atoms with E-state index in [0.717, 1.165) is 51.6 Å². The van der Waals surface area contributed by atoms with Crippen LogP contribution in [0.5, 0.6) is 0 Å². The lowest BCUT2D eigenvalue weighted by atomic mass is 10.1.